The lowest BCUT2D eigenvalue weighted by Gasteiger charge is -2.10. The van der Waals surface area contributed by atoms with Gasteiger partial charge in [0.15, 0.2) is 0 Å². The van der Waals surface area contributed by atoms with Crippen LogP contribution in [-0.2, 0) is 0 Å². The lowest BCUT2D eigenvalue weighted by Crippen LogP contribution is -2.17. The van der Waals surface area contributed by atoms with Crippen LogP contribution < -0.4 is 5.43 Å². The van der Waals surface area contributed by atoms with Gasteiger partial charge in [-0.2, -0.15) is 10.2 Å². The summed E-state index contributed by atoms with van der Waals surface area (Å²) in [7, 11) is 0. The Bertz CT molecular complexity index is 1460. The van der Waals surface area contributed by atoms with Crippen molar-refractivity contribution in [2.24, 2.45) is 5.10 Å². The molecule has 0 atom stereocenters. The van der Waals surface area contributed by atoms with Crippen molar-refractivity contribution in [1.82, 2.24) is 19.8 Å². The van der Waals surface area contributed by atoms with E-state index in [0.29, 0.717) is 5.56 Å². The molecule has 5 aromatic rings. The summed E-state index contributed by atoms with van der Waals surface area (Å²) in [5.74, 6) is -0.273. The van der Waals surface area contributed by atoms with Crippen molar-refractivity contribution in [2.45, 2.75) is 13.8 Å². The van der Waals surface area contributed by atoms with Crippen LogP contribution in [0.3, 0.4) is 0 Å². The van der Waals surface area contributed by atoms with Gasteiger partial charge in [0.1, 0.15) is 5.69 Å². The standard InChI is InChI=1S/C29H25N5O/c1-21-13-14-22(2)34(21)27-17-15-24(16-18-27)29(35)31-30-19-25-20-33(26-11-7-4-8-12-26)32-28(25)23-9-5-3-6-10-23/h3-20H,1-2H3,(H,31,35)/b30-19+. The molecule has 6 heteroatoms. The van der Waals surface area contributed by atoms with E-state index in [-0.39, 0.29) is 5.91 Å². The molecule has 1 amide bonds. The van der Waals surface area contributed by atoms with Crippen molar-refractivity contribution in [3.8, 4) is 22.6 Å². The normalized spacial score (nSPS) is 11.1. The molecule has 172 valence electrons. The van der Waals surface area contributed by atoms with Crippen molar-refractivity contribution in [2.75, 3.05) is 0 Å². The van der Waals surface area contributed by atoms with Crippen LogP contribution in [0.2, 0.25) is 0 Å². The molecule has 3 aromatic carbocycles. The van der Waals surface area contributed by atoms with Gasteiger partial charge in [0.05, 0.1) is 11.9 Å². The molecule has 0 bridgehead atoms. The van der Waals surface area contributed by atoms with Gasteiger partial charge in [0.2, 0.25) is 0 Å². The van der Waals surface area contributed by atoms with E-state index in [0.717, 1.165) is 39.6 Å². The van der Waals surface area contributed by atoms with E-state index in [1.165, 1.54) is 0 Å². The number of hydrogen-bond acceptors (Lipinski definition) is 3. The smallest absolute Gasteiger partial charge is 0.271 e. The first-order valence-electron chi connectivity index (χ1n) is 11.4. The Morgan fingerprint density at radius 3 is 2.09 bits per heavy atom. The topological polar surface area (TPSA) is 64.2 Å². The minimum Gasteiger partial charge on any atom is -0.319 e. The van der Waals surface area contributed by atoms with E-state index in [2.05, 4.69) is 41.1 Å². The third-order valence-corrected chi connectivity index (χ3v) is 5.84. The van der Waals surface area contributed by atoms with Gasteiger partial charge in [-0.05, 0) is 62.4 Å². The van der Waals surface area contributed by atoms with Crippen LogP contribution >= 0.6 is 0 Å². The highest BCUT2D eigenvalue weighted by molar-refractivity contribution is 5.95. The number of para-hydroxylation sites is 1. The summed E-state index contributed by atoms with van der Waals surface area (Å²) in [6, 6.07) is 31.5. The first-order chi connectivity index (χ1) is 17.1. The number of rotatable bonds is 6. The Labute approximate surface area is 204 Å². The average molecular weight is 460 g/mol. The highest BCUT2D eigenvalue weighted by Gasteiger charge is 2.12. The summed E-state index contributed by atoms with van der Waals surface area (Å²) >= 11 is 0. The first-order valence-corrected chi connectivity index (χ1v) is 11.4. The Morgan fingerprint density at radius 1 is 0.800 bits per heavy atom. The number of aryl methyl sites for hydroxylation is 2. The summed E-state index contributed by atoms with van der Waals surface area (Å²) in [6.45, 7) is 4.12. The molecule has 0 unspecified atom stereocenters. The molecule has 0 saturated carbocycles. The van der Waals surface area contributed by atoms with E-state index < -0.39 is 0 Å². The second-order valence-corrected chi connectivity index (χ2v) is 8.28. The number of hydrazone groups is 1. The van der Waals surface area contributed by atoms with Crippen LogP contribution in [0, 0.1) is 13.8 Å². The molecule has 0 spiro atoms. The number of amides is 1. The molecule has 1 N–H and O–H groups in total. The Balaban J connectivity index is 1.36. The second-order valence-electron chi connectivity index (χ2n) is 8.28. The molecule has 35 heavy (non-hydrogen) atoms. The molecule has 0 radical (unpaired) electrons. The molecule has 2 heterocycles. The monoisotopic (exact) mass is 459 g/mol. The molecule has 0 saturated heterocycles. The van der Waals surface area contributed by atoms with E-state index in [1.807, 2.05) is 95.8 Å². The van der Waals surface area contributed by atoms with E-state index in [4.69, 9.17) is 5.10 Å². The largest absolute Gasteiger partial charge is 0.319 e. The molecule has 5 rings (SSSR count). The highest BCUT2D eigenvalue weighted by Crippen LogP contribution is 2.22. The van der Waals surface area contributed by atoms with Crippen molar-refractivity contribution in [3.05, 3.63) is 126 Å². The maximum absolute atomic E-state index is 12.7. The molecule has 2 aromatic heterocycles. The van der Waals surface area contributed by atoms with Crippen LogP contribution in [0.25, 0.3) is 22.6 Å². The van der Waals surface area contributed by atoms with E-state index >= 15 is 0 Å². The van der Waals surface area contributed by atoms with Gasteiger partial charge in [0.25, 0.3) is 5.91 Å². The van der Waals surface area contributed by atoms with Gasteiger partial charge in [0, 0.05) is 40.0 Å². The Kier molecular flexibility index (Phi) is 6.09. The minimum absolute atomic E-state index is 0.273. The van der Waals surface area contributed by atoms with Crippen LogP contribution in [0.15, 0.2) is 108 Å². The average Bonchev–Trinajstić information content (AvgIpc) is 3.48. The summed E-state index contributed by atoms with van der Waals surface area (Å²) in [4.78, 5) is 12.7. The second kappa shape index (κ2) is 9.65. The van der Waals surface area contributed by atoms with E-state index in [1.54, 1.807) is 6.21 Å². The zero-order valence-corrected chi connectivity index (χ0v) is 19.6. The zero-order valence-electron chi connectivity index (χ0n) is 19.6. The molecule has 0 aliphatic carbocycles. The predicted molar refractivity (Wildman–Crippen MR) is 139 cm³/mol. The SMILES string of the molecule is Cc1ccc(C)n1-c1ccc(C(=O)N/N=C/c2cn(-c3ccccc3)nc2-c2ccccc2)cc1. The third kappa shape index (κ3) is 4.68. The van der Waals surface area contributed by atoms with Gasteiger partial charge in [-0.25, -0.2) is 10.1 Å². The quantitative estimate of drug-likeness (QED) is 0.261. The van der Waals surface area contributed by atoms with Gasteiger partial charge in [-0.1, -0.05) is 48.5 Å². The van der Waals surface area contributed by atoms with Gasteiger partial charge in [-0.3, -0.25) is 4.79 Å². The van der Waals surface area contributed by atoms with Crippen molar-refractivity contribution in [3.63, 3.8) is 0 Å². The number of nitrogens with one attached hydrogen (secondary N) is 1. The van der Waals surface area contributed by atoms with Crippen molar-refractivity contribution < 1.29 is 4.79 Å². The molecule has 0 aliphatic heterocycles. The van der Waals surface area contributed by atoms with Crippen molar-refractivity contribution in [1.29, 1.82) is 0 Å². The molecule has 6 nitrogen and oxygen atoms in total. The number of benzene rings is 3. The predicted octanol–water partition coefficient (Wildman–Crippen LogP) is 5.71. The minimum atomic E-state index is -0.273. The molecule has 0 aliphatic rings. The van der Waals surface area contributed by atoms with Crippen LogP contribution in [0.5, 0.6) is 0 Å². The number of nitrogens with zero attached hydrogens (tertiary/aromatic N) is 4. The maximum Gasteiger partial charge on any atom is 0.271 e. The fourth-order valence-corrected chi connectivity index (χ4v) is 4.08. The van der Waals surface area contributed by atoms with Gasteiger partial charge in [-0.15, -0.1) is 0 Å². The fourth-order valence-electron chi connectivity index (χ4n) is 4.08. The van der Waals surface area contributed by atoms with Gasteiger partial charge >= 0.3 is 0 Å². The lowest BCUT2D eigenvalue weighted by molar-refractivity contribution is 0.0955. The summed E-state index contributed by atoms with van der Waals surface area (Å²) in [6.07, 6.45) is 3.54. The number of carbonyl (C=O) groups is 1. The van der Waals surface area contributed by atoms with Crippen LogP contribution in [-0.4, -0.2) is 26.5 Å². The fraction of sp³-hybridized carbons (Fsp3) is 0.0690. The van der Waals surface area contributed by atoms with Gasteiger partial charge < -0.3 is 4.57 Å². The zero-order chi connectivity index (χ0) is 24.2. The maximum atomic E-state index is 12.7. The highest BCUT2D eigenvalue weighted by atomic mass is 16.2. The summed E-state index contributed by atoms with van der Waals surface area (Å²) in [5.41, 5.74) is 10.00. The number of hydrogen-bond donors (Lipinski definition) is 1. The van der Waals surface area contributed by atoms with Crippen LogP contribution in [0.4, 0.5) is 0 Å². The van der Waals surface area contributed by atoms with E-state index in [9.17, 15) is 4.79 Å². The number of aromatic nitrogens is 3. The molecular formula is C29H25N5O. The van der Waals surface area contributed by atoms with Crippen molar-refractivity contribution >= 4 is 12.1 Å². The Morgan fingerprint density at radius 2 is 1.43 bits per heavy atom. The number of carbonyl (C=O) groups excluding carboxylic acids is 1. The third-order valence-electron chi connectivity index (χ3n) is 5.84. The molecule has 0 fully saturated rings. The summed E-state index contributed by atoms with van der Waals surface area (Å²) < 4.78 is 3.96. The first kappa shape index (κ1) is 22.1. The molecular weight excluding hydrogens is 434 g/mol. The lowest BCUT2D eigenvalue weighted by atomic mass is 10.1. The Hall–Kier alpha value is -4.71. The summed E-state index contributed by atoms with van der Waals surface area (Å²) in [5, 5.41) is 8.99. The van der Waals surface area contributed by atoms with Crippen LogP contribution in [0.1, 0.15) is 27.3 Å².